The van der Waals surface area contributed by atoms with Gasteiger partial charge in [0.15, 0.2) is 6.61 Å². The van der Waals surface area contributed by atoms with Crippen LogP contribution >= 0.6 is 27.5 Å². The van der Waals surface area contributed by atoms with E-state index in [4.69, 9.17) is 16.3 Å². The molecule has 0 aliphatic rings. The van der Waals surface area contributed by atoms with Crippen LogP contribution in [0.25, 0.3) is 6.08 Å². The minimum Gasteiger partial charge on any atom is -0.483 e. The summed E-state index contributed by atoms with van der Waals surface area (Å²) in [6, 6.07) is 21.1. The molecule has 0 atom stereocenters. The maximum Gasteiger partial charge on any atom is 0.266 e. The summed E-state index contributed by atoms with van der Waals surface area (Å²) in [5.41, 5.74) is 2.32. The normalized spacial score (nSPS) is 10.8. The number of halogens is 2. The number of carbonyl (C=O) groups is 2. The Hall–Kier alpha value is -3.60. The second-order valence-electron chi connectivity index (χ2n) is 6.94. The standard InChI is InChI=1S/C25H19BrClN3O3/c1-16-6-2-4-8-21(16)30-25(32)18(14-28)12-17-13-19(26)10-11-23(17)33-15-24(31)29-22-9-5-3-7-20(22)27/h2-13H,15H2,1H3,(H,29,31)(H,30,32)/b18-12-. The van der Waals surface area contributed by atoms with Gasteiger partial charge >= 0.3 is 0 Å². The van der Waals surface area contributed by atoms with Crippen LogP contribution in [0.5, 0.6) is 5.75 Å². The molecule has 3 aromatic carbocycles. The molecule has 166 valence electrons. The number of anilines is 2. The predicted molar refractivity (Wildman–Crippen MR) is 133 cm³/mol. The average Bonchev–Trinajstić information content (AvgIpc) is 2.79. The van der Waals surface area contributed by atoms with E-state index in [-0.39, 0.29) is 12.2 Å². The number of rotatable bonds is 7. The van der Waals surface area contributed by atoms with Gasteiger partial charge in [-0.2, -0.15) is 5.26 Å². The Labute approximate surface area is 205 Å². The lowest BCUT2D eigenvalue weighted by molar-refractivity contribution is -0.118. The fourth-order valence-electron chi connectivity index (χ4n) is 2.86. The monoisotopic (exact) mass is 523 g/mol. The lowest BCUT2D eigenvalue weighted by Gasteiger charge is -2.12. The SMILES string of the molecule is Cc1ccccc1NC(=O)/C(C#N)=C\c1cc(Br)ccc1OCC(=O)Nc1ccccc1Cl. The summed E-state index contributed by atoms with van der Waals surface area (Å²) >= 11 is 9.44. The maximum atomic E-state index is 12.7. The Morgan fingerprint density at radius 3 is 2.45 bits per heavy atom. The third kappa shape index (κ3) is 6.69. The van der Waals surface area contributed by atoms with Crippen molar-refractivity contribution in [1.29, 1.82) is 5.26 Å². The van der Waals surface area contributed by atoms with E-state index in [2.05, 4.69) is 26.6 Å². The Bertz CT molecular complexity index is 1270. The molecule has 0 aliphatic carbocycles. The Kier molecular flexibility index (Phi) is 8.25. The largest absolute Gasteiger partial charge is 0.483 e. The number of aryl methyl sites for hydroxylation is 1. The van der Waals surface area contributed by atoms with Crippen LogP contribution in [0.1, 0.15) is 11.1 Å². The summed E-state index contributed by atoms with van der Waals surface area (Å²) in [6.07, 6.45) is 1.42. The molecule has 6 nitrogen and oxygen atoms in total. The molecule has 0 radical (unpaired) electrons. The second kappa shape index (κ2) is 11.3. The zero-order valence-electron chi connectivity index (χ0n) is 17.6. The number of benzene rings is 3. The van der Waals surface area contributed by atoms with Crippen LogP contribution in [0.2, 0.25) is 5.02 Å². The van der Waals surface area contributed by atoms with Crippen molar-refractivity contribution in [1.82, 2.24) is 0 Å². The molecule has 0 unspecified atom stereocenters. The lowest BCUT2D eigenvalue weighted by atomic mass is 10.1. The van der Waals surface area contributed by atoms with Crippen LogP contribution < -0.4 is 15.4 Å². The van der Waals surface area contributed by atoms with E-state index in [1.165, 1.54) is 6.08 Å². The van der Waals surface area contributed by atoms with Crippen molar-refractivity contribution in [3.8, 4) is 11.8 Å². The quantitative estimate of drug-likeness (QED) is 0.294. The Morgan fingerprint density at radius 1 is 1.06 bits per heavy atom. The molecule has 0 heterocycles. The van der Waals surface area contributed by atoms with Crippen LogP contribution in [0.15, 0.2) is 76.8 Å². The molecular formula is C25H19BrClN3O3. The van der Waals surface area contributed by atoms with Crippen molar-refractivity contribution in [2.45, 2.75) is 6.92 Å². The summed E-state index contributed by atoms with van der Waals surface area (Å²) in [7, 11) is 0. The van der Waals surface area contributed by atoms with Crippen molar-refractivity contribution in [2.75, 3.05) is 17.2 Å². The molecule has 0 aliphatic heterocycles. The van der Waals surface area contributed by atoms with Gasteiger partial charge < -0.3 is 15.4 Å². The fraction of sp³-hybridized carbons (Fsp3) is 0.0800. The summed E-state index contributed by atoms with van der Waals surface area (Å²) in [6.45, 7) is 1.57. The van der Waals surface area contributed by atoms with Gasteiger partial charge in [-0.25, -0.2) is 0 Å². The number of para-hydroxylation sites is 2. The third-order valence-corrected chi connectivity index (χ3v) is 5.36. The van der Waals surface area contributed by atoms with E-state index in [9.17, 15) is 14.9 Å². The van der Waals surface area contributed by atoms with E-state index >= 15 is 0 Å². The first kappa shape index (κ1) is 24.1. The molecule has 0 saturated heterocycles. The van der Waals surface area contributed by atoms with Gasteiger partial charge in [0.2, 0.25) is 0 Å². The van der Waals surface area contributed by atoms with Gasteiger partial charge in [0.05, 0.1) is 10.7 Å². The van der Waals surface area contributed by atoms with Gasteiger partial charge in [0.1, 0.15) is 17.4 Å². The Balaban J connectivity index is 1.76. The molecular weight excluding hydrogens is 506 g/mol. The highest BCUT2D eigenvalue weighted by atomic mass is 79.9. The summed E-state index contributed by atoms with van der Waals surface area (Å²) in [4.78, 5) is 25.0. The molecule has 0 bridgehead atoms. The van der Waals surface area contributed by atoms with Crippen molar-refractivity contribution < 1.29 is 14.3 Å². The summed E-state index contributed by atoms with van der Waals surface area (Å²) in [5, 5.41) is 15.4. The zero-order chi connectivity index (χ0) is 23.8. The number of nitriles is 1. The first-order valence-electron chi connectivity index (χ1n) is 9.83. The molecule has 3 aromatic rings. The fourth-order valence-corrected chi connectivity index (χ4v) is 3.42. The summed E-state index contributed by atoms with van der Waals surface area (Å²) < 4.78 is 6.39. The predicted octanol–water partition coefficient (Wildman–Crippen LogP) is 5.97. The maximum absolute atomic E-state index is 12.7. The summed E-state index contributed by atoms with van der Waals surface area (Å²) in [5.74, 6) is -0.614. The van der Waals surface area contributed by atoms with Crippen molar-refractivity contribution in [3.63, 3.8) is 0 Å². The van der Waals surface area contributed by atoms with Crippen LogP contribution in [0.3, 0.4) is 0 Å². The van der Waals surface area contributed by atoms with Crippen LogP contribution in [-0.4, -0.2) is 18.4 Å². The van der Waals surface area contributed by atoms with E-state index < -0.39 is 11.8 Å². The van der Waals surface area contributed by atoms with Gasteiger partial charge in [0.25, 0.3) is 11.8 Å². The minimum atomic E-state index is -0.547. The smallest absolute Gasteiger partial charge is 0.266 e. The number of nitrogens with zero attached hydrogens (tertiary/aromatic N) is 1. The number of carbonyl (C=O) groups excluding carboxylic acids is 2. The molecule has 33 heavy (non-hydrogen) atoms. The molecule has 0 spiro atoms. The first-order chi connectivity index (χ1) is 15.9. The van der Waals surface area contributed by atoms with Gasteiger partial charge in [-0.1, -0.05) is 57.9 Å². The third-order valence-electron chi connectivity index (χ3n) is 4.54. The van der Waals surface area contributed by atoms with Crippen molar-refractivity contribution in [2.24, 2.45) is 0 Å². The van der Waals surface area contributed by atoms with Crippen LogP contribution in [0.4, 0.5) is 11.4 Å². The van der Waals surface area contributed by atoms with E-state index in [0.717, 1.165) is 10.0 Å². The highest BCUT2D eigenvalue weighted by Gasteiger charge is 2.14. The molecule has 0 saturated carbocycles. The van der Waals surface area contributed by atoms with Crippen LogP contribution in [0, 0.1) is 18.3 Å². The highest BCUT2D eigenvalue weighted by Crippen LogP contribution is 2.26. The van der Waals surface area contributed by atoms with Gasteiger partial charge in [0, 0.05) is 15.7 Å². The molecule has 8 heteroatoms. The second-order valence-corrected chi connectivity index (χ2v) is 8.26. The minimum absolute atomic E-state index is 0.110. The van der Waals surface area contributed by atoms with Gasteiger partial charge in [-0.3, -0.25) is 9.59 Å². The number of nitrogens with one attached hydrogen (secondary N) is 2. The zero-order valence-corrected chi connectivity index (χ0v) is 19.9. The van der Waals surface area contributed by atoms with Gasteiger partial charge in [-0.15, -0.1) is 0 Å². The molecule has 0 fully saturated rings. The number of ether oxygens (including phenoxy) is 1. The number of amides is 2. The number of hydrogen-bond donors (Lipinski definition) is 2. The highest BCUT2D eigenvalue weighted by molar-refractivity contribution is 9.10. The molecule has 2 amide bonds. The molecule has 3 rings (SSSR count). The van der Waals surface area contributed by atoms with E-state index in [1.807, 2.05) is 25.1 Å². The molecule has 0 aromatic heterocycles. The lowest BCUT2D eigenvalue weighted by Crippen LogP contribution is -2.20. The topological polar surface area (TPSA) is 91.2 Å². The Morgan fingerprint density at radius 2 is 1.76 bits per heavy atom. The average molecular weight is 525 g/mol. The van der Waals surface area contributed by atoms with Crippen molar-refractivity contribution >= 4 is 56.8 Å². The first-order valence-corrected chi connectivity index (χ1v) is 11.0. The van der Waals surface area contributed by atoms with Crippen LogP contribution in [-0.2, 0) is 9.59 Å². The molecule has 2 N–H and O–H groups in total. The van der Waals surface area contributed by atoms with E-state index in [1.54, 1.807) is 54.6 Å². The van der Waals surface area contributed by atoms with Gasteiger partial charge in [-0.05, 0) is 55.0 Å². The number of hydrogen-bond acceptors (Lipinski definition) is 4. The van der Waals surface area contributed by atoms with E-state index in [0.29, 0.717) is 27.7 Å². The van der Waals surface area contributed by atoms with Crippen molar-refractivity contribution in [3.05, 3.63) is 92.9 Å².